The zero-order chi connectivity index (χ0) is 21.1. The number of ether oxygens (including phenoxy) is 1. The fourth-order valence-electron chi connectivity index (χ4n) is 5.10. The standard InChI is InChI=1S/C22H31ClN4O2S/c1-29-19-14-16(13-18(23)25-19)20(28)26-10-7-22(8-11-26)9-12-27(15-22)21(30)24-17-5-3-2-4-6-17/h13-14,17H,2-12,15H2,1H3,(H,24,30). The predicted molar refractivity (Wildman–Crippen MR) is 122 cm³/mol. The summed E-state index contributed by atoms with van der Waals surface area (Å²) in [4.78, 5) is 21.3. The molecular formula is C22H31ClN4O2S. The van der Waals surface area contributed by atoms with Crippen molar-refractivity contribution in [3.05, 3.63) is 22.8 Å². The van der Waals surface area contributed by atoms with Gasteiger partial charge in [0.2, 0.25) is 5.88 Å². The number of halogens is 1. The lowest BCUT2D eigenvalue weighted by Crippen LogP contribution is -2.47. The van der Waals surface area contributed by atoms with Gasteiger partial charge in [-0.05, 0) is 55.8 Å². The highest BCUT2D eigenvalue weighted by Crippen LogP contribution is 2.40. The van der Waals surface area contributed by atoms with Crippen LogP contribution in [0.2, 0.25) is 5.15 Å². The van der Waals surface area contributed by atoms with Crippen LogP contribution in [0.3, 0.4) is 0 Å². The number of aromatic nitrogens is 1. The first-order valence-electron chi connectivity index (χ1n) is 11.0. The smallest absolute Gasteiger partial charge is 0.254 e. The molecule has 1 aromatic heterocycles. The monoisotopic (exact) mass is 450 g/mol. The first kappa shape index (κ1) is 21.6. The second-order valence-electron chi connectivity index (χ2n) is 8.97. The number of nitrogens with one attached hydrogen (secondary N) is 1. The molecule has 30 heavy (non-hydrogen) atoms. The number of thiocarbonyl (C=S) groups is 1. The first-order chi connectivity index (χ1) is 14.5. The topological polar surface area (TPSA) is 57.7 Å². The Kier molecular flexibility index (Phi) is 6.68. The fourth-order valence-corrected chi connectivity index (χ4v) is 5.62. The number of likely N-dealkylation sites (tertiary alicyclic amines) is 2. The van der Waals surface area contributed by atoms with Crippen LogP contribution in [0.15, 0.2) is 12.1 Å². The Morgan fingerprint density at radius 1 is 1.17 bits per heavy atom. The van der Waals surface area contributed by atoms with E-state index >= 15 is 0 Å². The van der Waals surface area contributed by atoms with Crippen molar-refractivity contribution in [2.45, 2.75) is 57.4 Å². The molecule has 1 aliphatic carbocycles. The van der Waals surface area contributed by atoms with Crippen LogP contribution in [-0.2, 0) is 0 Å². The van der Waals surface area contributed by atoms with Crippen LogP contribution in [0, 0.1) is 5.41 Å². The Bertz CT molecular complexity index is 791. The van der Waals surface area contributed by atoms with Crippen LogP contribution in [-0.4, -0.2) is 65.1 Å². The minimum atomic E-state index is -0.00297. The zero-order valence-corrected chi connectivity index (χ0v) is 19.2. The maximum Gasteiger partial charge on any atom is 0.254 e. The van der Waals surface area contributed by atoms with E-state index in [1.165, 1.54) is 39.2 Å². The van der Waals surface area contributed by atoms with E-state index < -0.39 is 0 Å². The van der Waals surface area contributed by atoms with Gasteiger partial charge in [0.25, 0.3) is 5.91 Å². The van der Waals surface area contributed by atoms with Crippen LogP contribution < -0.4 is 10.1 Å². The number of pyridine rings is 1. The number of hydrogen-bond acceptors (Lipinski definition) is 4. The fraction of sp³-hybridized carbons (Fsp3) is 0.682. The molecule has 2 saturated heterocycles. The Morgan fingerprint density at radius 2 is 1.83 bits per heavy atom. The van der Waals surface area contributed by atoms with E-state index in [0.29, 0.717) is 17.5 Å². The molecule has 0 unspecified atom stereocenters. The lowest BCUT2D eigenvalue weighted by molar-refractivity contribution is 0.0598. The average Bonchev–Trinajstić information content (AvgIpc) is 3.18. The Hall–Kier alpha value is -1.60. The molecule has 2 aliphatic heterocycles. The number of piperidine rings is 1. The van der Waals surface area contributed by atoms with Crippen LogP contribution in [0.1, 0.15) is 61.7 Å². The summed E-state index contributed by atoms with van der Waals surface area (Å²) in [5.41, 5.74) is 0.802. The molecule has 0 aromatic carbocycles. The molecule has 1 N–H and O–H groups in total. The van der Waals surface area contributed by atoms with Crippen molar-refractivity contribution in [2.75, 3.05) is 33.3 Å². The molecule has 0 atom stereocenters. The van der Waals surface area contributed by atoms with E-state index in [4.69, 9.17) is 28.6 Å². The molecule has 164 valence electrons. The number of carbonyl (C=O) groups is 1. The van der Waals surface area contributed by atoms with Gasteiger partial charge in [-0.3, -0.25) is 4.79 Å². The van der Waals surface area contributed by atoms with Gasteiger partial charge in [0, 0.05) is 43.9 Å². The first-order valence-corrected chi connectivity index (χ1v) is 11.8. The number of carbonyl (C=O) groups excluding carboxylic acids is 1. The highest BCUT2D eigenvalue weighted by molar-refractivity contribution is 7.80. The molecule has 1 spiro atoms. The minimum absolute atomic E-state index is 0.00297. The van der Waals surface area contributed by atoms with Gasteiger partial charge in [-0.1, -0.05) is 30.9 Å². The molecule has 3 heterocycles. The highest BCUT2D eigenvalue weighted by atomic mass is 35.5. The summed E-state index contributed by atoms with van der Waals surface area (Å²) in [7, 11) is 1.52. The molecule has 3 aliphatic rings. The van der Waals surface area contributed by atoms with Crippen LogP contribution in [0.25, 0.3) is 0 Å². The van der Waals surface area contributed by atoms with Crippen molar-refractivity contribution in [1.82, 2.24) is 20.1 Å². The van der Waals surface area contributed by atoms with E-state index in [0.717, 1.165) is 50.6 Å². The number of hydrogen-bond donors (Lipinski definition) is 1. The van der Waals surface area contributed by atoms with Gasteiger partial charge >= 0.3 is 0 Å². The molecule has 4 rings (SSSR count). The maximum atomic E-state index is 13.0. The second kappa shape index (κ2) is 9.27. The van der Waals surface area contributed by atoms with E-state index in [9.17, 15) is 4.79 Å². The van der Waals surface area contributed by atoms with Gasteiger partial charge in [-0.15, -0.1) is 0 Å². The summed E-state index contributed by atoms with van der Waals surface area (Å²) in [6.45, 7) is 3.54. The van der Waals surface area contributed by atoms with Gasteiger partial charge in [0.05, 0.1) is 7.11 Å². The van der Waals surface area contributed by atoms with Gasteiger partial charge < -0.3 is 19.9 Å². The predicted octanol–water partition coefficient (Wildman–Crippen LogP) is 3.88. The Labute approximate surface area is 189 Å². The van der Waals surface area contributed by atoms with E-state index in [1.54, 1.807) is 12.1 Å². The van der Waals surface area contributed by atoms with Crippen molar-refractivity contribution in [2.24, 2.45) is 5.41 Å². The van der Waals surface area contributed by atoms with Crippen molar-refractivity contribution < 1.29 is 9.53 Å². The lowest BCUT2D eigenvalue weighted by atomic mass is 9.77. The summed E-state index contributed by atoms with van der Waals surface area (Å²) in [6.07, 6.45) is 9.61. The van der Waals surface area contributed by atoms with Gasteiger partial charge in [0.1, 0.15) is 5.15 Å². The summed E-state index contributed by atoms with van der Waals surface area (Å²) >= 11 is 11.8. The second-order valence-corrected chi connectivity index (χ2v) is 9.74. The lowest BCUT2D eigenvalue weighted by Gasteiger charge is -2.39. The average molecular weight is 451 g/mol. The van der Waals surface area contributed by atoms with Gasteiger partial charge in [-0.2, -0.15) is 0 Å². The maximum absolute atomic E-state index is 13.0. The van der Waals surface area contributed by atoms with Crippen molar-refractivity contribution in [3.63, 3.8) is 0 Å². The molecule has 1 aromatic rings. The highest BCUT2D eigenvalue weighted by Gasteiger charge is 2.42. The SMILES string of the molecule is COc1cc(C(=O)N2CCC3(CC2)CCN(C(=S)NC2CCCCC2)C3)cc(Cl)n1. The number of amides is 1. The van der Waals surface area contributed by atoms with E-state index in [-0.39, 0.29) is 16.5 Å². The van der Waals surface area contributed by atoms with E-state index in [2.05, 4.69) is 15.2 Å². The van der Waals surface area contributed by atoms with Crippen LogP contribution in [0.5, 0.6) is 5.88 Å². The van der Waals surface area contributed by atoms with Crippen molar-refractivity contribution >= 4 is 34.8 Å². The largest absolute Gasteiger partial charge is 0.481 e. The third kappa shape index (κ3) is 4.83. The Balaban J connectivity index is 1.31. The molecule has 0 bridgehead atoms. The number of rotatable bonds is 3. The molecule has 3 fully saturated rings. The third-order valence-electron chi connectivity index (χ3n) is 7.00. The number of nitrogens with zero attached hydrogens (tertiary/aromatic N) is 3. The van der Waals surface area contributed by atoms with Crippen LogP contribution >= 0.6 is 23.8 Å². The summed E-state index contributed by atoms with van der Waals surface area (Å²) in [6, 6.07) is 3.82. The van der Waals surface area contributed by atoms with Crippen LogP contribution in [0.4, 0.5) is 0 Å². The molecule has 8 heteroatoms. The van der Waals surface area contributed by atoms with Crippen molar-refractivity contribution in [3.8, 4) is 5.88 Å². The molecule has 6 nitrogen and oxygen atoms in total. The summed E-state index contributed by atoms with van der Waals surface area (Å²) in [5, 5.41) is 4.81. The third-order valence-corrected chi connectivity index (χ3v) is 7.57. The van der Waals surface area contributed by atoms with Crippen molar-refractivity contribution in [1.29, 1.82) is 0 Å². The molecule has 0 radical (unpaired) electrons. The van der Waals surface area contributed by atoms with Gasteiger partial charge in [-0.25, -0.2) is 4.98 Å². The quantitative estimate of drug-likeness (QED) is 0.557. The molecule has 1 saturated carbocycles. The van der Waals surface area contributed by atoms with E-state index in [1.807, 2.05) is 4.90 Å². The number of methoxy groups -OCH3 is 1. The van der Waals surface area contributed by atoms with Gasteiger partial charge in [0.15, 0.2) is 5.11 Å². The summed E-state index contributed by atoms with van der Waals surface area (Å²) in [5.74, 6) is 0.363. The summed E-state index contributed by atoms with van der Waals surface area (Å²) < 4.78 is 5.15. The molecular weight excluding hydrogens is 420 g/mol. The Morgan fingerprint density at radius 3 is 2.50 bits per heavy atom. The molecule has 1 amide bonds. The zero-order valence-electron chi connectivity index (χ0n) is 17.7. The normalized spacial score (nSPS) is 21.7. The minimum Gasteiger partial charge on any atom is -0.481 e.